The Bertz CT molecular complexity index is 165. The maximum absolute atomic E-state index is 10.2. The number of hydrogen-bond donors (Lipinski definition) is 2. The Morgan fingerprint density at radius 1 is 1.23 bits per heavy atom. The molecule has 0 amide bonds. The molecule has 1 unspecified atom stereocenters. The molecule has 0 radical (unpaired) electrons. The lowest BCUT2D eigenvalue weighted by Crippen LogP contribution is -2.49. The molecular weight excluding hydrogens is 162 g/mol. The van der Waals surface area contributed by atoms with E-state index in [-0.39, 0.29) is 11.5 Å². The van der Waals surface area contributed by atoms with E-state index in [1.54, 1.807) is 0 Å². The van der Waals surface area contributed by atoms with Gasteiger partial charge in [0.2, 0.25) is 0 Å². The molecule has 2 fully saturated rings. The fraction of sp³-hybridized carbons (Fsp3) is 1.00. The molecule has 0 aromatic rings. The van der Waals surface area contributed by atoms with Gasteiger partial charge in [-0.25, -0.2) is 0 Å². The van der Waals surface area contributed by atoms with Crippen LogP contribution >= 0.6 is 0 Å². The van der Waals surface area contributed by atoms with Crippen molar-refractivity contribution >= 4 is 0 Å². The summed E-state index contributed by atoms with van der Waals surface area (Å²) in [5.41, 5.74) is 5.90. The summed E-state index contributed by atoms with van der Waals surface area (Å²) in [6, 6.07) is 0. The van der Waals surface area contributed by atoms with Gasteiger partial charge in [0, 0.05) is 12.0 Å². The number of aliphatic hydroxyl groups is 1. The zero-order valence-corrected chi connectivity index (χ0v) is 8.34. The molecule has 3 N–H and O–H groups in total. The van der Waals surface area contributed by atoms with Crippen molar-refractivity contribution in [2.45, 2.75) is 51.0 Å². The molecule has 0 aromatic heterocycles. The summed E-state index contributed by atoms with van der Waals surface area (Å²) in [7, 11) is 0. The molecule has 2 heteroatoms. The molecule has 2 saturated carbocycles. The standard InChI is InChI=1S/C11H21NO/c12-8-11(6-3-7-11)10(13)9-4-1-2-5-9/h9-10,13H,1-8,12H2. The first-order valence-corrected chi connectivity index (χ1v) is 5.67. The van der Waals surface area contributed by atoms with Gasteiger partial charge in [0.25, 0.3) is 0 Å². The van der Waals surface area contributed by atoms with E-state index < -0.39 is 0 Å². The first-order valence-electron chi connectivity index (χ1n) is 5.67. The molecular formula is C11H21NO. The first kappa shape index (κ1) is 9.47. The lowest BCUT2D eigenvalue weighted by Gasteiger charge is -2.47. The molecule has 0 aromatic carbocycles. The van der Waals surface area contributed by atoms with Gasteiger partial charge in [0.05, 0.1) is 6.10 Å². The molecule has 2 aliphatic carbocycles. The zero-order chi connectivity index (χ0) is 9.31. The highest BCUT2D eigenvalue weighted by Crippen LogP contribution is 2.47. The monoisotopic (exact) mass is 183 g/mol. The minimum atomic E-state index is -0.103. The second-order valence-corrected chi connectivity index (χ2v) is 4.91. The lowest BCUT2D eigenvalue weighted by molar-refractivity contribution is -0.0608. The van der Waals surface area contributed by atoms with E-state index in [2.05, 4.69) is 0 Å². The molecule has 1 atom stereocenters. The number of nitrogens with two attached hydrogens (primary N) is 1. The Morgan fingerprint density at radius 3 is 2.23 bits per heavy atom. The fourth-order valence-electron chi connectivity index (χ4n) is 3.02. The van der Waals surface area contributed by atoms with Crippen molar-refractivity contribution in [3.63, 3.8) is 0 Å². The van der Waals surface area contributed by atoms with E-state index in [0.717, 1.165) is 12.8 Å². The molecule has 2 aliphatic rings. The Kier molecular flexibility index (Phi) is 2.61. The molecule has 0 spiro atoms. The van der Waals surface area contributed by atoms with Crippen molar-refractivity contribution in [2.24, 2.45) is 17.1 Å². The Hall–Kier alpha value is -0.0800. The highest BCUT2D eigenvalue weighted by molar-refractivity contribution is 4.97. The molecule has 2 nitrogen and oxygen atoms in total. The van der Waals surface area contributed by atoms with Crippen molar-refractivity contribution in [3.8, 4) is 0 Å². The largest absolute Gasteiger partial charge is 0.392 e. The molecule has 0 aliphatic heterocycles. The van der Waals surface area contributed by atoms with Gasteiger partial charge in [-0.1, -0.05) is 19.3 Å². The van der Waals surface area contributed by atoms with Crippen LogP contribution in [0.4, 0.5) is 0 Å². The number of aliphatic hydroxyl groups excluding tert-OH is 1. The third-order valence-corrected chi connectivity index (χ3v) is 4.23. The van der Waals surface area contributed by atoms with Crippen molar-refractivity contribution in [3.05, 3.63) is 0 Å². The SMILES string of the molecule is NCC1(C(O)C2CCCC2)CCC1. The van der Waals surface area contributed by atoms with E-state index in [1.165, 1.54) is 32.1 Å². The smallest absolute Gasteiger partial charge is 0.0636 e. The summed E-state index contributed by atoms with van der Waals surface area (Å²) in [4.78, 5) is 0. The molecule has 0 saturated heterocycles. The van der Waals surface area contributed by atoms with Crippen LogP contribution in [0, 0.1) is 11.3 Å². The highest BCUT2D eigenvalue weighted by Gasteiger charge is 2.45. The molecule has 2 rings (SSSR count). The minimum absolute atomic E-state index is 0.103. The van der Waals surface area contributed by atoms with E-state index in [1.807, 2.05) is 0 Å². The zero-order valence-electron chi connectivity index (χ0n) is 8.34. The topological polar surface area (TPSA) is 46.2 Å². The predicted octanol–water partition coefficient (Wildman–Crippen LogP) is 1.67. The number of rotatable bonds is 3. The Morgan fingerprint density at radius 2 is 1.85 bits per heavy atom. The molecule has 76 valence electrons. The quantitative estimate of drug-likeness (QED) is 0.699. The average molecular weight is 183 g/mol. The van der Waals surface area contributed by atoms with Gasteiger partial charge in [-0.05, 0) is 31.6 Å². The van der Waals surface area contributed by atoms with Gasteiger partial charge in [-0.15, -0.1) is 0 Å². The van der Waals surface area contributed by atoms with E-state index in [0.29, 0.717) is 12.5 Å². The maximum atomic E-state index is 10.2. The second kappa shape index (κ2) is 3.58. The summed E-state index contributed by atoms with van der Waals surface area (Å²) >= 11 is 0. The van der Waals surface area contributed by atoms with Crippen LogP contribution in [0.5, 0.6) is 0 Å². The third-order valence-electron chi connectivity index (χ3n) is 4.23. The van der Waals surface area contributed by atoms with Crippen molar-refractivity contribution < 1.29 is 5.11 Å². The third kappa shape index (κ3) is 1.50. The summed E-state index contributed by atoms with van der Waals surface area (Å²) in [5.74, 6) is 0.559. The van der Waals surface area contributed by atoms with Gasteiger partial charge in [0.1, 0.15) is 0 Å². The van der Waals surface area contributed by atoms with E-state index in [9.17, 15) is 5.11 Å². The minimum Gasteiger partial charge on any atom is -0.392 e. The summed E-state index contributed by atoms with van der Waals surface area (Å²) in [6.07, 6.45) is 8.54. The Labute approximate surface area is 80.5 Å². The van der Waals surface area contributed by atoms with Crippen LogP contribution in [0.3, 0.4) is 0 Å². The van der Waals surface area contributed by atoms with Crippen molar-refractivity contribution in [1.82, 2.24) is 0 Å². The van der Waals surface area contributed by atoms with Crippen LogP contribution in [0.25, 0.3) is 0 Å². The fourth-order valence-corrected chi connectivity index (χ4v) is 3.02. The first-order chi connectivity index (χ1) is 6.28. The number of hydrogen-bond acceptors (Lipinski definition) is 2. The molecule has 13 heavy (non-hydrogen) atoms. The average Bonchev–Trinajstić information content (AvgIpc) is 2.54. The second-order valence-electron chi connectivity index (χ2n) is 4.91. The predicted molar refractivity (Wildman–Crippen MR) is 53.3 cm³/mol. The summed E-state index contributed by atoms with van der Waals surface area (Å²) in [5, 5.41) is 10.2. The van der Waals surface area contributed by atoms with Crippen LogP contribution in [0.1, 0.15) is 44.9 Å². The van der Waals surface area contributed by atoms with E-state index in [4.69, 9.17) is 5.73 Å². The van der Waals surface area contributed by atoms with E-state index >= 15 is 0 Å². The van der Waals surface area contributed by atoms with Crippen molar-refractivity contribution in [2.75, 3.05) is 6.54 Å². The van der Waals surface area contributed by atoms with Gasteiger partial charge < -0.3 is 10.8 Å². The van der Waals surface area contributed by atoms with Crippen LogP contribution in [0.15, 0.2) is 0 Å². The maximum Gasteiger partial charge on any atom is 0.0636 e. The van der Waals surface area contributed by atoms with Crippen LogP contribution in [-0.4, -0.2) is 17.8 Å². The Balaban J connectivity index is 1.97. The normalized spacial score (nSPS) is 30.0. The lowest BCUT2D eigenvalue weighted by atomic mass is 9.62. The molecule has 0 heterocycles. The summed E-state index contributed by atoms with van der Waals surface area (Å²) < 4.78 is 0. The van der Waals surface area contributed by atoms with Crippen LogP contribution in [-0.2, 0) is 0 Å². The molecule has 0 bridgehead atoms. The highest BCUT2D eigenvalue weighted by atomic mass is 16.3. The van der Waals surface area contributed by atoms with Gasteiger partial charge in [0.15, 0.2) is 0 Å². The van der Waals surface area contributed by atoms with Gasteiger partial charge in [-0.3, -0.25) is 0 Å². The van der Waals surface area contributed by atoms with Gasteiger partial charge in [-0.2, -0.15) is 0 Å². The van der Waals surface area contributed by atoms with Gasteiger partial charge >= 0.3 is 0 Å². The summed E-state index contributed by atoms with van der Waals surface area (Å²) in [6.45, 7) is 0.685. The van der Waals surface area contributed by atoms with Crippen LogP contribution in [0.2, 0.25) is 0 Å². The van der Waals surface area contributed by atoms with Crippen molar-refractivity contribution in [1.29, 1.82) is 0 Å². The van der Waals surface area contributed by atoms with Crippen LogP contribution < -0.4 is 5.73 Å².